The van der Waals surface area contributed by atoms with Gasteiger partial charge in [0.2, 0.25) is 0 Å². The van der Waals surface area contributed by atoms with Gasteiger partial charge in [-0.2, -0.15) is 0 Å². The molecule has 0 radical (unpaired) electrons. The summed E-state index contributed by atoms with van der Waals surface area (Å²) in [7, 11) is 1.25. The quantitative estimate of drug-likeness (QED) is 0.802. The molecule has 0 amide bonds. The first-order valence-electron chi connectivity index (χ1n) is 4.98. The van der Waals surface area contributed by atoms with Crippen molar-refractivity contribution in [1.29, 1.82) is 0 Å². The van der Waals surface area contributed by atoms with Crippen LogP contribution in [0.3, 0.4) is 0 Å². The zero-order valence-electron chi connectivity index (χ0n) is 9.13. The summed E-state index contributed by atoms with van der Waals surface area (Å²) in [6, 6.07) is 2.84. The molecule has 1 unspecified atom stereocenters. The van der Waals surface area contributed by atoms with Crippen LogP contribution in [-0.4, -0.2) is 19.7 Å². The topological polar surface area (TPSA) is 61.5 Å². The molecule has 2 N–H and O–H groups in total. The van der Waals surface area contributed by atoms with Gasteiger partial charge in [-0.15, -0.1) is 0 Å². The summed E-state index contributed by atoms with van der Waals surface area (Å²) >= 11 is 3.16. The van der Waals surface area contributed by atoms with Crippen LogP contribution in [0.15, 0.2) is 16.6 Å². The number of fused-ring (bicyclic) bond motifs is 1. The number of carbonyl (C=O) groups excluding carboxylic acids is 1. The lowest BCUT2D eigenvalue weighted by Crippen LogP contribution is -2.49. The van der Waals surface area contributed by atoms with Gasteiger partial charge in [0, 0.05) is 16.5 Å². The van der Waals surface area contributed by atoms with Gasteiger partial charge >= 0.3 is 5.97 Å². The van der Waals surface area contributed by atoms with Gasteiger partial charge in [0.05, 0.1) is 13.7 Å². The van der Waals surface area contributed by atoms with Gasteiger partial charge in [-0.1, -0.05) is 15.9 Å². The van der Waals surface area contributed by atoms with E-state index in [2.05, 4.69) is 20.7 Å². The van der Waals surface area contributed by atoms with Gasteiger partial charge in [0.25, 0.3) is 0 Å². The Morgan fingerprint density at radius 1 is 1.65 bits per heavy atom. The molecule has 0 aromatic heterocycles. The van der Waals surface area contributed by atoms with E-state index in [9.17, 15) is 9.18 Å². The monoisotopic (exact) mass is 303 g/mol. The lowest BCUT2D eigenvalue weighted by molar-refractivity contribution is -0.148. The number of esters is 1. The second-order valence-corrected chi connectivity index (χ2v) is 4.74. The van der Waals surface area contributed by atoms with Gasteiger partial charge in [-0.25, -0.2) is 9.18 Å². The first kappa shape index (κ1) is 12.3. The molecule has 1 aromatic rings. The third-order valence-corrected chi connectivity index (χ3v) is 3.24. The second kappa shape index (κ2) is 4.27. The zero-order chi connectivity index (χ0) is 12.6. The highest BCUT2D eigenvalue weighted by molar-refractivity contribution is 9.10. The summed E-state index contributed by atoms with van der Waals surface area (Å²) in [6.07, 6.45) is 0.253. The minimum absolute atomic E-state index is 0.0207. The molecule has 0 saturated heterocycles. The third kappa shape index (κ3) is 1.91. The van der Waals surface area contributed by atoms with E-state index < -0.39 is 17.3 Å². The van der Waals surface area contributed by atoms with E-state index in [1.807, 2.05) is 0 Å². The Morgan fingerprint density at radius 3 is 3.00 bits per heavy atom. The molecule has 0 saturated carbocycles. The summed E-state index contributed by atoms with van der Waals surface area (Å²) in [6.45, 7) is 0.178. The molecule has 1 aliphatic rings. The minimum atomic E-state index is -1.35. The van der Waals surface area contributed by atoms with E-state index in [1.54, 1.807) is 6.07 Å². The van der Waals surface area contributed by atoms with Gasteiger partial charge in [-0.05, 0) is 12.1 Å². The third-order valence-electron chi connectivity index (χ3n) is 2.78. The molecule has 4 nitrogen and oxygen atoms in total. The SMILES string of the molecule is COC(=O)C1(N)CCOc2c(F)cc(Br)cc21. The average Bonchev–Trinajstić information content (AvgIpc) is 2.29. The predicted octanol–water partition coefficient (Wildman–Crippen LogP) is 1.70. The molecule has 6 heteroatoms. The molecule has 1 heterocycles. The number of carbonyl (C=O) groups is 1. The molecule has 0 aliphatic carbocycles. The van der Waals surface area contributed by atoms with Crippen molar-refractivity contribution in [2.75, 3.05) is 13.7 Å². The Bertz CT molecular complexity index is 480. The summed E-state index contributed by atoms with van der Waals surface area (Å²) in [5, 5.41) is 0. The lowest BCUT2D eigenvalue weighted by atomic mass is 9.85. The Labute approximate surface area is 106 Å². The maximum atomic E-state index is 13.7. The molecular formula is C11H11BrFNO3. The van der Waals surface area contributed by atoms with Crippen LogP contribution in [0.1, 0.15) is 12.0 Å². The second-order valence-electron chi connectivity index (χ2n) is 3.83. The van der Waals surface area contributed by atoms with Crippen LogP contribution in [0.25, 0.3) is 0 Å². The van der Waals surface area contributed by atoms with Crippen LogP contribution in [0.4, 0.5) is 4.39 Å². The first-order valence-corrected chi connectivity index (χ1v) is 5.78. The van der Waals surface area contributed by atoms with E-state index in [-0.39, 0.29) is 18.8 Å². The van der Waals surface area contributed by atoms with Gasteiger partial charge in [-0.3, -0.25) is 0 Å². The van der Waals surface area contributed by atoms with Crippen molar-refractivity contribution < 1.29 is 18.7 Å². The van der Waals surface area contributed by atoms with Crippen molar-refractivity contribution in [2.24, 2.45) is 5.73 Å². The fourth-order valence-electron chi connectivity index (χ4n) is 1.88. The molecule has 17 heavy (non-hydrogen) atoms. The highest BCUT2D eigenvalue weighted by Gasteiger charge is 2.43. The van der Waals surface area contributed by atoms with Crippen molar-refractivity contribution in [3.8, 4) is 5.75 Å². The number of nitrogens with two attached hydrogens (primary N) is 1. The minimum Gasteiger partial charge on any atom is -0.490 e. The Balaban J connectivity index is 2.61. The van der Waals surface area contributed by atoms with Gasteiger partial charge in [0.1, 0.15) is 5.54 Å². The first-order chi connectivity index (χ1) is 7.99. The molecular weight excluding hydrogens is 293 g/mol. The Morgan fingerprint density at radius 2 is 2.35 bits per heavy atom. The molecule has 1 atom stereocenters. The molecule has 0 fully saturated rings. The number of rotatable bonds is 1. The molecule has 1 aliphatic heterocycles. The van der Waals surface area contributed by atoms with E-state index >= 15 is 0 Å². The van der Waals surface area contributed by atoms with Crippen LogP contribution < -0.4 is 10.5 Å². The summed E-state index contributed by atoms with van der Waals surface area (Å²) in [5.41, 5.74) is 4.97. The molecule has 2 rings (SSSR count). The highest BCUT2D eigenvalue weighted by Crippen LogP contribution is 2.39. The number of benzene rings is 1. The fourth-order valence-corrected chi connectivity index (χ4v) is 2.31. The van der Waals surface area contributed by atoms with Crippen LogP contribution in [0, 0.1) is 5.82 Å². The van der Waals surface area contributed by atoms with Crippen LogP contribution in [-0.2, 0) is 15.1 Å². The summed E-state index contributed by atoms with van der Waals surface area (Å²) < 4.78 is 24.1. The van der Waals surface area contributed by atoms with Crippen LogP contribution in [0.5, 0.6) is 5.75 Å². The number of ether oxygens (including phenoxy) is 2. The van der Waals surface area contributed by atoms with Gasteiger partial charge < -0.3 is 15.2 Å². The smallest absolute Gasteiger partial charge is 0.330 e. The standard InChI is InChI=1S/C11H11BrFNO3/c1-16-10(15)11(14)2-3-17-9-7(11)4-6(12)5-8(9)13/h4-5H,2-3,14H2,1H3. The maximum absolute atomic E-state index is 13.7. The van der Waals surface area contributed by atoms with Crippen molar-refractivity contribution in [1.82, 2.24) is 0 Å². The number of hydrogen-bond acceptors (Lipinski definition) is 4. The van der Waals surface area contributed by atoms with Crippen LogP contribution in [0.2, 0.25) is 0 Å². The Kier molecular flexibility index (Phi) is 3.09. The molecule has 92 valence electrons. The number of halogens is 2. The predicted molar refractivity (Wildman–Crippen MR) is 62.1 cm³/mol. The maximum Gasteiger partial charge on any atom is 0.330 e. The Hall–Kier alpha value is -1.14. The fraction of sp³-hybridized carbons (Fsp3) is 0.364. The van der Waals surface area contributed by atoms with Crippen molar-refractivity contribution >= 4 is 21.9 Å². The lowest BCUT2D eigenvalue weighted by Gasteiger charge is -2.33. The van der Waals surface area contributed by atoms with E-state index in [1.165, 1.54) is 13.2 Å². The van der Waals surface area contributed by atoms with Crippen LogP contribution >= 0.6 is 15.9 Å². The van der Waals surface area contributed by atoms with E-state index in [0.29, 0.717) is 10.0 Å². The number of hydrogen-bond donors (Lipinski definition) is 1. The van der Waals surface area contributed by atoms with Crippen molar-refractivity contribution in [3.63, 3.8) is 0 Å². The van der Waals surface area contributed by atoms with Crippen molar-refractivity contribution in [2.45, 2.75) is 12.0 Å². The highest BCUT2D eigenvalue weighted by atomic mass is 79.9. The van der Waals surface area contributed by atoms with Crippen molar-refractivity contribution in [3.05, 3.63) is 28.0 Å². The summed E-state index contributed by atoms with van der Waals surface area (Å²) in [5.74, 6) is -1.13. The van der Waals surface area contributed by atoms with E-state index in [4.69, 9.17) is 10.5 Å². The largest absolute Gasteiger partial charge is 0.490 e. The molecule has 0 spiro atoms. The normalized spacial score (nSPS) is 22.6. The average molecular weight is 304 g/mol. The van der Waals surface area contributed by atoms with E-state index in [0.717, 1.165) is 0 Å². The zero-order valence-corrected chi connectivity index (χ0v) is 10.7. The number of methoxy groups -OCH3 is 1. The molecule has 0 bridgehead atoms. The van der Waals surface area contributed by atoms with Gasteiger partial charge in [0.15, 0.2) is 11.6 Å². The summed E-state index contributed by atoms with van der Waals surface area (Å²) in [4.78, 5) is 11.7. The molecule has 1 aromatic carbocycles.